The Labute approximate surface area is 104 Å². The van der Waals surface area contributed by atoms with E-state index in [0.29, 0.717) is 18.3 Å². The van der Waals surface area contributed by atoms with Crippen molar-refractivity contribution in [3.05, 3.63) is 35.9 Å². The second-order valence-electron chi connectivity index (χ2n) is 3.51. The smallest absolute Gasteiger partial charge is 0.239 e. The number of methoxy groups -OCH3 is 1. The van der Waals surface area contributed by atoms with Crippen molar-refractivity contribution >= 4 is 11.8 Å². The zero-order valence-electron chi connectivity index (χ0n) is 9.75. The SMILES string of the molecule is COCc1noc(C(C)SCc2ccco2)n1. The van der Waals surface area contributed by atoms with Crippen molar-refractivity contribution in [1.29, 1.82) is 0 Å². The van der Waals surface area contributed by atoms with Crippen molar-refractivity contribution < 1.29 is 13.7 Å². The lowest BCUT2D eigenvalue weighted by Gasteiger charge is -2.03. The Morgan fingerprint density at radius 1 is 1.53 bits per heavy atom. The maximum atomic E-state index is 5.26. The van der Waals surface area contributed by atoms with Gasteiger partial charge in [-0.3, -0.25) is 0 Å². The zero-order chi connectivity index (χ0) is 12.1. The van der Waals surface area contributed by atoms with E-state index in [1.165, 1.54) is 0 Å². The van der Waals surface area contributed by atoms with Gasteiger partial charge >= 0.3 is 0 Å². The first-order valence-electron chi connectivity index (χ1n) is 5.25. The molecule has 2 rings (SSSR count). The highest BCUT2D eigenvalue weighted by molar-refractivity contribution is 7.98. The molecule has 0 aliphatic carbocycles. The van der Waals surface area contributed by atoms with Gasteiger partial charge < -0.3 is 13.7 Å². The molecule has 0 spiro atoms. The predicted molar refractivity (Wildman–Crippen MR) is 63.4 cm³/mol. The second kappa shape index (κ2) is 5.88. The van der Waals surface area contributed by atoms with Crippen molar-refractivity contribution in [1.82, 2.24) is 10.1 Å². The van der Waals surface area contributed by atoms with Crippen LogP contribution in [-0.4, -0.2) is 17.3 Å². The molecule has 1 atom stereocenters. The molecule has 0 saturated heterocycles. The van der Waals surface area contributed by atoms with Crippen LogP contribution < -0.4 is 0 Å². The van der Waals surface area contributed by atoms with E-state index in [9.17, 15) is 0 Å². The molecule has 0 aliphatic heterocycles. The highest BCUT2D eigenvalue weighted by atomic mass is 32.2. The Hall–Kier alpha value is -1.27. The Kier molecular flexibility index (Phi) is 4.22. The normalized spacial score (nSPS) is 12.8. The van der Waals surface area contributed by atoms with E-state index < -0.39 is 0 Å². The summed E-state index contributed by atoms with van der Waals surface area (Å²) in [4.78, 5) is 4.25. The summed E-state index contributed by atoms with van der Waals surface area (Å²) in [6.07, 6.45) is 1.67. The fourth-order valence-corrected chi connectivity index (χ4v) is 2.11. The van der Waals surface area contributed by atoms with Crippen molar-refractivity contribution in [2.75, 3.05) is 7.11 Å². The average Bonchev–Trinajstić information content (AvgIpc) is 2.97. The van der Waals surface area contributed by atoms with E-state index in [4.69, 9.17) is 13.7 Å². The van der Waals surface area contributed by atoms with Gasteiger partial charge in [-0.05, 0) is 19.1 Å². The summed E-state index contributed by atoms with van der Waals surface area (Å²) in [5, 5.41) is 3.96. The van der Waals surface area contributed by atoms with Crippen LogP contribution in [0.15, 0.2) is 27.3 Å². The molecule has 6 heteroatoms. The molecule has 17 heavy (non-hydrogen) atoms. The third-order valence-electron chi connectivity index (χ3n) is 2.16. The topological polar surface area (TPSA) is 61.3 Å². The summed E-state index contributed by atoms with van der Waals surface area (Å²) >= 11 is 1.69. The van der Waals surface area contributed by atoms with Crippen LogP contribution in [0.2, 0.25) is 0 Å². The molecule has 0 bridgehead atoms. The van der Waals surface area contributed by atoms with Crippen molar-refractivity contribution in [3.63, 3.8) is 0 Å². The van der Waals surface area contributed by atoms with Crippen molar-refractivity contribution in [2.24, 2.45) is 0 Å². The van der Waals surface area contributed by atoms with Gasteiger partial charge in [0.25, 0.3) is 0 Å². The largest absolute Gasteiger partial charge is 0.468 e. The Morgan fingerprint density at radius 3 is 3.12 bits per heavy atom. The molecular weight excluding hydrogens is 240 g/mol. The number of ether oxygens (including phenoxy) is 1. The summed E-state index contributed by atoms with van der Waals surface area (Å²) in [7, 11) is 1.60. The van der Waals surface area contributed by atoms with Crippen LogP contribution in [0.25, 0.3) is 0 Å². The van der Waals surface area contributed by atoms with Gasteiger partial charge in [0.05, 0.1) is 17.3 Å². The number of thioether (sulfide) groups is 1. The molecule has 2 aromatic rings. The molecule has 0 N–H and O–H groups in total. The van der Waals surface area contributed by atoms with Gasteiger partial charge in [0, 0.05) is 7.11 Å². The first-order chi connectivity index (χ1) is 8.29. The monoisotopic (exact) mass is 254 g/mol. The van der Waals surface area contributed by atoms with E-state index in [0.717, 1.165) is 11.5 Å². The van der Waals surface area contributed by atoms with Crippen molar-refractivity contribution in [2.45, 2.75) is 24.5 Å². The first kappa shape index (κ1) is 12.2. The molecule has 0 aromatic carbocycles. The maximum absolute atomic E-state index is 5.26. The molecule has 1 unspecified atom stereocenters. The Balaban J connectivity index is 1.88. The number of aromatic nitrogens is 2. The summed E-state index contributed by atoms with van der Waals surface area (Å²) in [6, 6.07) is 3.83. The third-order valence-corrected chi connectivity index (χ3v) is 3.31. The van der Waals surface area contributed by atoms with Crippen LogP contribution in [0.1, 0.15) is 29.6 Å². The quantitative estimate of drug-likeness (QED) is 0.790. The van der Waals surface area contributed by atoms with Gasteiger partial charge in [0.1, 0.15) is 12.4 Å². The van der Waals surface area contributed by atoms with Crippen LogP contribution >= 0.6 is 11.8 Å². The minimum absolute atomic E-state index is 0.137. The highest BCUT2D eigenvalue weighted by Crippen LogP contribution is 2.29. The summed E-state index contributed by atoms with van der Waals surface area (Å²) in [6.45, 7) is 2.40. The van der Waals surface area contributed by atoms with E-state index >= 15 is 0 Å². The number of hydrogen-bond donors (Lipinski definition) is 0. The van der Waals surface area contributed by atoms with Gasteiger partial charge in [-0.2, -0.15) is 4.98 Å². The molecule has 0 fully saturated rings. The fourth-order valence-electron chi connectivity index (χ4n) is 1.29. The Bertz CT molecular complexity index is 441. The third kappa shape index (κ3) is 3.34. The van der Waals surface area contributed by atoms with Crippen molar-refractivity contribution in [3.8, 4) is 0 Å². The van der Waals surface area contributed by atoms with Crippen LogP contribution in [0, 0.1) is 0 Å². The van der Waals surface area contributed by atoms with Crippen LogP contribution in [0.4, 0.5) is 0 Å². The van der Waals surface area contributed by atoms with Gasteiger partial charge in [0.2, 0.25) is 5.89 Å². The van der Waals surface area contributed by atoms with Crippen LogP contribution in [0.5, 0.6) is 0 Å². The predicted octanol–water partition coefficient (Wildman–Crippen LogP) is 2.80. The zero-order valence-corrected chi connectivity index (χ0v) is 10.6. The van der Waals surface area contributed by atoms with Gasteiger partial charge in [-0.1, -0.05) is 5.16 Å². The molecular formula is C11H14N2O3S. The van der Waals surface area contributed by atoms with E-state index in [1.54, 1.807) is 25.1 Å². The minimum Gasteiger partial charge on any atom is -0.468 e. The lowest BCUT2D eigenvalue weighted by molar-refractivity contribution is 0.174. The molecule has 5 nitrogen and oxygen atoms in total. The molecule has 0 amide bonds. The van der Waals surface area contributed by atoms with Gasteiger partial charge in [-0.25, -0.2) is 0 Å². The Morgan fingerprint density at radius 2 is 2.41 bits per heavy atom. The summed E-state index contributed by atoms with van der Waals surface area (Å²) in [5.74, 6) is 2.93. The fraction of sp³-hybridized carbons (Fsp3) is 0.455. The number of nitrogens with zero attached hydrogens (tertiary/aromatic N) is 2. The summed E-state index contributed by atoms with van der Waals surface area (Å²) in [5.41, 5.74) is 0. The molecule has 0 aliphatic rings. The number of rotatable bonds is 6. The lowest BCUT2D eigenvalue weighted by atomic mass is 10.5. The van der Waals surface area contributed by atoms with Crippen LogP contribution in [-0.2, 0) is 17.1 Å². The highest BCUT2D eigenvalue weighted by Gasteiger charge is 2.15. The first-order valence-corrected chi connectivity index (χ1v) is 6.30. The van der Waals surface area contributed by atoms with Crippen LogP contribution in [0.3, 0.4) is 0 Å². The van der Waals surface area contributed by atoms with E-state index in [2.05, 4.69) is 10.1 Å². The molecule has 2 aromatic heterocycles. The molecule has 0 radical (unpaired) electrons. The standard InChI is InChI=1S/C11H14N2O3S/c1-8(17-7-9-4-3-5-15-9)11-12-10(6-14-2)13-16-11/h3-5,8H,6-7H2,1-2H3. The van der Waals surface area contributed by atoms with Gasteiger partial charge in [-0.15, -0.1) is 11.8 Å². The van der Waals surface area contributed by atoms with E-state index in [-0.39, 0.29) is 5.25 Å². The maximum Gasteiger partial charge on any atom is 0.239 e. The molecule has 2 heterocycles. The lowest BCUT2D eigenvalue weighted by Crippen LogP contribution is -1.92. The molecule has 0 saturated carbocycles. The second-order valence-corrected chi connectivity index (χ2v) is 4.84. The van der Waals surface area contributed by atoms with E-state index in [1.807, 2.05) is 19.1 Å². The van der Waals surface area contributed by atoms with Gasteiger partial charge in [0.15, 0.2) is 5.82 Å². The minimum atomic E-state index is 0.137. The number of furan rings is 1. The number of hydrogen-bond acceptors (Lipinski definition) is 6. The molecule has 92 valence electrons. The summed E-state index contributed by atoms with van der Waals surface area (Å²) < 4.78 is 15.3. The average molecular weight is 254 g/mol.